The van der Waals surface area contributed by atoms with Crippen molar-refractivity contribution < 1.29 is 9.59 Å². The first-order chi connectivity index (χ1) is 10.8. The van der Waals surface area contributed by atoms with Crippen LogP contribution in [0.15, 0.2) is 17.5 Å². The molecule has 0 saturated carbocycles. The fourth-order valence-electron chi connectivity index (χ4n) is 3.25. The van der Waals surface area contributed by atoms with Crippen LogP contribution in [-0.2, 0) is 4.79 Å². The van der Waals surface area contributed by atoms with Gasteiger partial charge in [-0.05, 0) is 56.6 Å². The topological polar surface area (TPSA) is 61.4 Å². The maximum Gasteiger partial charge on any atom is 0.264 e. The lowest BCUT2D eigenvalue weighted by molar-refractivity contribution is -0.127. The number of amides is 2. The largest absolute Gasteiger partial charge is 0.351 e. The molecule has 2 aliphatic rings. The first kappa shape index (κ1) is 18.2. The highest BCUT2D eigenvalue weighted by molar-refractivity contribution is 7.12. The molecule has 2 N–H and O–H groups in total. The van der Waals surface area contributed by atoms with Crippen LogP contribution >= 0.6 is 23.7 Å². The summed E-state index contributed by atoms with van der Waals surface area (Å²) in [4.78, 5) is 27.7. The van der Waals surface area contributed by atoms with Crippen LogP contribution in [0.5, 0.6) is 0 Å². The van der Waals surface area contributed by atoms with E-state index < -0.39 is 0 Å². The number of halogens is 1. The van der Waals surface area contributed by atoms with Gasteiger partial charge in [-0.3, -0.25) is 9.59 Å². The van der Waals surface area contributed by atoms with Gasteiger partial charge in [0, 0.05) is 12.6 Å². The van der Waals surface area contributed by atoms with Crippen molar-refractivity contribution in [1.82, 2.24) is 15.5 Å². The SMILES string of the molecule is Cl.O=C(NC1CCNCC1)C1CCCCN1C(=O)c1cccs1. The fourth-order valence-corrected chi connectivity index (χ4v) is 3.93. The number of carbonyl (C=O) groups excluding carboxylic acids is 2. The number of rotatable bonds is 3. The minimum Gasteiger partial charge on any atom is -0.351 e. The van der Waals surface area contributed by atoms with E-state index in [0.717, 1.165) is 50.1 Å². The molecule has 0 aromatic carbocycles. The lowest BCUT2D eigenvalue weighted by Crippen LogP contribution is -2.54. The van der Waals surface area contributed by atoms with Crippen LogP contribution in [-0.4, -0.2) is 48.4 Å². The van der Waals surface area contributed by atoms with E-state index in [2.05, 4.69) is 10.6 Å². The van der Waals surface area contributed by atoms with Crippen LogP contribution in [0.1, 0.15) is 41.8 Å². The molecular weight excluding hydrogens is 334 g/mol. The van der Waals surface area contributed by atoms with Crippen molar-refractivity contribution >= 4 is 35.6 Å². The minimum absolute atomic E-state index is 0. The predicted octanol–water partition coefficient (Wildman–Crippen LogP) is 2.03. The van der Waals surface area contributed by atoms with Crippen LogP contribution in [0.4, 0.5) is 0 Å². The lowest BCUT2D eigenvalue weighted by Gasteiger charge is -2.36. The maximum absolute atomic E-state index is 12.6. The fraction of sp³-hybridized carbons (Fsp3) is 0.625. The summed E-state index contributed by atoms with van der Waals surface area (Å²) in [5, 5.41) is 8.35. The van der Waals surface area contributed by atoms with E-state index in [1.54, 1.807) is 4.90 Å². The molecule has 1 unspecified atom stereocenters. The van der Waals surface area contributed by atoms with Gasteiger partial charge in [0.15, 0.2) is 0 Å². The summed E-state index contributed by atoms with van der Waals surface area (Å²) in [6.07, 6.45) is 4.70. The molecule has 0 radical (unpaired) electrons. The molecule has 0 spiro atoms. The van der Waals surface area contributed by atoms with Crippen molar-refractivity contribution in [3.63, 3.8) is 0 Å². The zero-order chi connectivity index (χ0) is 15.4. The number of nitrogens with zero attached hydrogens (tertiary/aromatic N) is 1. The smallest absolute Gasteiger partial charge is 0.264 e. The van der Waals surface area contributed by atoms with Crippen molar-refractivity contribution in [2.24, 2.45) is 0 Å². The standard InChI is InChI=1S/C16H23N3O2S.ClH/c20-15(18-12-6-8-17-9-7-12)13-4-1-2-10-19(13)16(21)14-5-3-11-22-14;/h3,5,11-13,17H,1-2,4,6-10H2,(H,18,20);1H. The van der Waals surface area contributed by atoms with Crippen LogP contribution in [0, 0.1) is 0 Å². The zero-order valence-electron chi connectivity index (χ0n) is 13.1. The summed E-state index contributed by atoms with van der Waals surface area (Å²) in [5.41, 5.74) is 0. The van der Waals surface area contributed by atoms with Crippen molar-refractivity contribution in [3.05, 3.63) is 22.4 Å². The predicted molar refractivity (Wildman–Crippen MR) is 94.3 cm³/mol. The molecule has 0 bridgehead atoms. The van der Waals surface area contributed by atoms with Gasteiger partial charge in [0.25, 0.3) is 5.91 Å². The van der Waals surface area contributed by atoms with Crippen LogP contribution in [0.3, 0.4) is 0 Å². The second-order valence-corrected chi connectivity index (χ2v) is 6.97. The Morgan fingerprint density at radius 1 is 1.22 bits per heavy atom. The zero-order valence-corrected chi connectivity index (χ0v) is 14.8. The number of thiophene rings is 1. The Morgan fingerprint density at radius 2 is 2.00 bits per heavy atom. The van der Waals surface area contributed by atoms with Crippen LogP contribution < -0.4 is 10.6 Å². The summed E-state index contributed by atoms with van der Waals surface area (Å²) in [5.74, 6) is 0.0247. The van der Waals surface area contributed by atoms with Gasteiger partial charge in [0.2, 0.25) is 5.91 Å². The Balaban J connectivity index is 0.00000192. The Labute approximate surface area is 147 Å². The molecule has 5 nitrogen and oxygen atoms in total. The minimum atomic E-state index is -0.307. The number of likely N-dealkylation sites (tertiary alicyclic amines) is 1. The second-order valence-electron chi connectivity index (χ2n) is 6.02. The molecule has 3 heterocycles. The molecule has 23 heavy (non-hydrogen) atoms. The Bertz CT molecular complexity index is 517. The summed E-state index contributed by atoms with van der Waals surface area (Å²) in [6.45, 7) is 2.59. The first-order valence-corrected chi connectivity index (χ1v) is 8.99. The number of carbonyl (C=O) groups is 2. The van der Waals surface area contributed by atoms with E-state index >= 15 is 0 Å². The molecule has 7 heteroatoms. The molecule has 2 aliphatic heterocycles. The molecule has 2 fully saturated rings. The monoisotopic (exact) mass is 357 g/mol. The van der Waals surface area contributed by atoms with Crippen molar-refractivity contribution in [2.45, 2.75) is 44.2 Å². The van der Waals surface area contributed by atoms with Gasteiger partial charge in [0.1, 0.15) is 6.04 Å². The van der Waals surface area contributed by atoms with Crippen molar-refractivity contribution in [1.29, 1.82) is 0 Å². The Hall–Kier alpha value is -1.11. The third-order valence-electron chi connectivity index (χ3n) is 4.48. The van der Waals surface area contributed by atoms with Gasteiger partial charge < -0.3 is 15.5 Å². The van der Waals surface area contributed by atoms with Crippen LogP contribution in [0.25, 0.3) is 0 Å². The van der Waals surface area contributed by atoms with Crippen molar-refractivity contribution in [2.75, 3.05) is 19.6 Å². The van der Waals surface area contributed by atoms with E-state index in [9.17, 15) is 9.59 Å². The molecule has 1 atom stereocenters. The maximum atomic E-state index is 12.6. The highest BCUT2D eigenvalue weighted by Crippen LogP contribution is 2.22. The van der Waals surface area contributed by atoms with E-state index in [4.69, 9.17) is 0 Å². The van der Waals surface area contributed by atoms with Crippen LogP contribution in [0.2, 0.25) is 0 Å². The summed E-state index contributed by atoms with van der Waals surface area (Å²) >= 11 is 1.44. The van der Waals surface area contributed by atoms with E-state index in [0.29, 0.717) is 6.54 Å². The lowest BCUT2D eigenvalue weighted by atomic mass is 9.99. The third kappa shape index (κ3) is 4.46. The molecule has 2 amide bonds. The molecule has 128 valence electrons. The normalized spacial score (nSPS) is 22.3. The van der Waals surface area contributed by atoms with Gasteiger partial charge in [-0.15, -0.1) is 23.7 Å². The number of nitrogens with one attached hydrogen (secondary N) is 2. The van der Waals surface area contributed by atoms with Gasteiger partial charge in [-0.2, -0.15) is 0 Å². The molecular formula is C16H24ClN3O2S. The number of hydrogen-bond donors (Lipinski definition) is 2. The highest BCUT2D eigenvalue weighted by Gasteiger charge is 2.33. The number of piperidine rings is 2. The summed E-state index contributed by atoms with van der Waals surface area (Å²) in [6, 6.07) is 3.66. The average molecular weight is 358 g/mol. The molecule has 1 aromatic rings. The average Bonchev–Trinajstić information content (AvgIpc) is 3.09. The van der Waals surface area contributed by atoms with Crippen molar-refractivity contribution in [3.8, 4) is 0 Å². The second kappa shape index (κ2) is 8.66. The molecule has 1 aromatic heterocycles. The van der Waals surface area contributed by atoms with E-state index in [-0.39, 0.29) is 36.3 Å². The summed E-state index contributed by atoms with van der Waals surface area (Å²) < 4.78 is 0. The quantitative estimate of drug-likeness (QED) is 0.870. The molecule has 0 aliphatic carbocycles. The Morgan fingerprint density at radius 3 is 2.70 bits per heavy atom. The highest BCUT2D eigenvalue weighted by atomic mass is 35.5. The number of hydrogen-bond acceptors (Lipinski definition) is 4. The van der Waals surface area contributed by atoms with E-state index in [1.807, 2.05) is 17.5 Å². The Kier molecular flexibility index (Phi) is 6.87. The van der Waals surface area contributed by atoms with Gasteiger partial charge in [-0.25, -0.2) is 0 Å². The molecule has 3 rings (SSSR count). The van der Waals surface area contributed by atoms with Gasteiger partial charge in [0.05, 0.1) is 4.88 Å². The van der Waals surface area contributed by atoms with Gasteiger partial charge in [-0.1, -0.05) is 6.07 Å². The third-order valence-corrected chi connectivity index (χ3v) is 5.34. The van der Waals surface area contributed by atoms with E-state index in [1.165, 1.54) is 11.3 Å². The molecule has 2 saturated heterocycles. The summed E-state index contributed by atoms with van der Waals surface area (Å²) in [7, 11) is 0. The first-order valence-electron chi connectivity index (χ1n) is 8.11. The van der Waals surface area contributed by atoms with Gasteiger partial charge >= 0.3 is 0 Å².